The van der Waals surface area contributed by atoms with Crippen molar-refractivity contribution in [3.8, 4) is 0 Å². The Hall–Kier alpha value is -1.12. The summed E-state index contributed by atoms with van der Waals surface area (Å²) in [5, 5.41) is 2.07. The van der Waals surface area contributed by atoms with Crippen molar-refractivity contribution in [1.82, 2.24) is 0 Å². The van der Waals surface area contributed by atoms with E-state index in [-0.39, 0.29) is 6.04 Å². The van der Waals surface area contributed by atoms with E-state index in [1.807, 2.05) is 0 Å². The van der Waals surface area contributed by atoms with Crippen LogP contribution >= 0.6 is 11.3 Å². The van der Waals surface area contributed by atoms with E-state index in [4.69, 9.17) is 5.73 Å². The molecule has 0 bridgehead atoms. The molecule has 2 N–H and O–H groups in total. The minimum absolute atomic E-state index is 0.0248. The van der Waals surface area contributed by atoms with Gasteiger partial charge >= 0.3 is 0 Å². The maximum atomic E-state index is 6.24. The Morgan fingerprint density at radius 3 is 2.81 bits per heavy atom. The van der Waals surface area contributed by atoms with Crippen LogP contribution in [-0.2, 0) is 6.42 Å². The standard InChI is InChI=1S/C14H17NS/c1-2-5-11-6-3-7-12(10-11)14(15)13-8-4-9-16-13/h3-4,6-10,14H,2,5,15H2,1H3. The van der Waals surface area contributed by atoms with Crippen molar-refractivity contribution in [2.24, 2.45) is 5.73 Å². The Morgan fingerprint density at radius 2 is 2.12 bits per heavy atom. The van der Waals surface area contributed by atoms with Gasteiger partial charge in [0.1, 0.15) is 0 Å². The number of aryl methyl sites for hydroxylation is 1. The van der Waals surface area contributed by atoms with Crippen LogP contribution in [0, 0.1) is 0 Å². The first-order valence-corrected chi connectivity index (χ1v) is 6.57. The molecule has 1 unspecified atom stereocenters. The van der Waals surface area contributed by atoms with E-state index in [9.17, 15) is 0 Å². The van der Waals surface area contributed by atoms with E-state index in [1.165, 1.54) is 22.4 Å². The van der Waals surface area contributed by atoms with Crippen LogP contribution in [0.5, 0.6) is 0 Å². The van der Waals surface area contributed by atoms with Crippen LogP contribution in [0.2, 0.25) is 0 Å². The smallest absolute Gasteiger partial charge is 0.0646 e. The fraction of sp³-hybridized carbons (Fsp3) is 0.286. The zero-order valence-corrected chi connectivity index (χ0v) is 10.3. The summed E-state index contributed by atoms with van der Waals surface area (Å²) in [6.45, 7) is 2.20. The molecule has 0 saturated heterocycles. The molecule has 2 aromatic rings. The van der Waals surface area contributed by atoms with Gasteiger partial charge in [0.25, 0.3) is 0 Å². The molecule has 0 saturated carbocycles. The van der Waals surface area contributed by atoms with Crippen LogP contribution in [-0.4, -0.2) is 0 Å². The molecular formula is C14H17NS. The van der Waals surface area contributed by atoms with Crippen LogP contribution in [0.15, 0.2) is 41.8 Å². The first kappa shape index (κ1) is 11.4. The number of hydrogen-bond acceptors (Lipinski definition) is 2. The van der Waals surface area contributed by atoms with E-state index in [0.29, 0.717) is 0 Å². The highest BCUT2D eigenvalue weighted by molar-refractivity contribution is 7.10. The molecule has 1 nitrogen and oxygen atoms in total. The Morgan fingerprint density at radius 1 is 1.25 bits per heavy atom. The normalized spacial score (nSPS) is 12.6. The van der Waals surface area contributed by atoms with Gasteiger partial charge in [0.15, 0.2) is 0 Å². The van der Waals surface area contributed by atoms with Crippen molar-refractivity contribution >= 4 is 11.3 Å². The molecule has 0 aliphatic rings. The highest BCUT2D eigenvalue weighted by Gasteiger charge is 2.09. The lowest BCUT2D eigenvalue weighted by Crippen LogP contribution is -2.10. The van der Waals surface area contributed by atoms with Crippen LogP contribution in [0.3, 0.4) is 0 Å². The van der Waals surface area contributed by atoms with Crippen molar-refractivity contribution < 1.29 is 0 Å². The number of thiophene rings is 1. The SMILES string of the molecule is CCCc1cccc(C(N)c2cccs2)c1. The molecule has 1 atom stereocenters. The molecule has 1 aromatic heterocycles. The number of rotatable bonds is 4. The molecule has 0 aliphatic carbocycles. The summed E-state index contributed by atoms with van der Waals surface area (Å²) in [6.07, 6.45) is 2.31. The molecule has 0 fully saturated rings. The van der Waals surface area contributed by atoms with E-state index in [2.05, 4.69) is 48.7 Å². The third-order valence-corrected chi connectivity index (χ3v) is 3.65. The molecule has 0 aliphatic heterocycles. The van der Waals surface area contributed by atoms with E-state index in [0.717, 1.165) is 6.42 Å². The van der Waals surface area contributed by atoms with Crippen molar-refractivity contribution in [3.05, 3.63) is 57.8 Å². The quantitative estimate of drug-likeness (QED) is 0.852. The third-order valence-electron chi connectivity index (χ3n) is 2.70. The monoisotopic (exact) mass is 231 g/mol. The maximum absolute atomic E-state index is 6.24. The molecule has 0 amide bonds. The lowest BCUT2D eigenvalue weighted by molar-refractivity contribution is 0.875. The van der Waals surface area contributed by atoms with E-state index < -0.39 is 0 Å². The lowest BCUT2D eigenvalue weighted by Gasteiger charge is -2.11. The van der Waals surface area contributed by atoms with Crippen LogP contribution in [0.1, 0.15) is 35.4 Å². The van der Waals surface area contributed by atoms with Gasteiger partial charge in [-0.1, -0.05) is 43.7 Å². The largest absolute Gasteiger partial charge is 0.320 e. The van der Waals surface area contributed by atoms with E-state index >= 15 is 0 Å². The summed E-state index contributed by atoms with van der Waals surface area (Å²) in [4.78, 5) is 1.23. The van der Waals surface area contributed by atoms with Crippen LogP contribution in [0.4, 0.5) is 0 Å². The minimum atomic E-state index is 0.0248. The van der Waals surface area contributed by atoms with Gasteiger partial charge in [-0.25, -0.2) is 0 Å². The molecule has 84 valence electrons. The van der Waals surface area contributed by atoms with Crippen LogP contribution in [0.25, 0.3) is 0 Å². The fourth-order valence-electron chi connectivity index (χ4n) is 1.86. The van der Waals surface area contributed by atoms with Gasteiger partial charge in [-0.2, -0.15) is 0 Å². The van der Waals surface area contributed by atoms with Crippen LogP contribution < -0.4 is 5.73 Å². The summed E-state index contributed by atoms with van der Waals surface area (Å²) in [5.74, 6) is 0. The van der Waals surface area contributed by atoms with Crippen molar-refractivity contribution in [2.45, 2.75) is 25.8 Å². The molecule has 2 rings (SSSR count). The van der Waals surface area contributed by atoms with E-state index in [1.54, 1.807) is 11.3 Å². The minimum Gasteiger partial charge on any atom is -0.320 e. The molecule has 2 heteroatoms. The first-order valence-electron chi connectivity index (χ1n) is 5.69. The van der Waals surface area contributed by atoms with Gasteiger partial charge < -0.3 is 5.73 Å². The zero-order chi connectivity index (χ0) is 11.4. The van der Waals surface area contributed by atoms with Gasteiger partial charge in [0, 0.05) is 4.88 Å². The maximum Gasteiger partial charge on any atom is 0.0646 e. The molecule has 1 aromatic carbocycles. The second-order valence-electron chi connectivity index (χ2n) is 3.99. The van der Waals surface area contributed by atoms with Gasteiger partial charge in [-0.05, 0) is 29.0 Å². The fourth-order valence-corrected chi connectivity index (χ4v) is 2.62. The highest BCUT2D eigenvalue weighted by Crippen LogP contribution is 2.24. The molecule has 16 heavy (non-hydrogen) atoms. The van der Waals surface area contributed by atoms with Crippen molar-refractivity contribution in [1.29, 1.82) is 0 Å². The average Bonchev–Trinajstić information content (AvgIpc) is 2.82. The topological polar surface area (TPSA) is 26.0 Å². The third kappa shape index (κ3) is 2.52. The molecule has 0 spiro atoms. The Bertz CT molecular complexity index is 434. The van der Waals surface area contributed by atoms with Gasteiger partial charge in [-0.3, -0.25) is 0 Å². The summed E-state index contributed by atoms with van der Waals surface area (Å²) < 4.78 is 0. The molecule has 1 heterocycles. The molecule has 0 radical (unpaired) electrons. The predicted molar refractivity (Wildman–Crippen MR) is 70.8 cm³/mol. The van der Waals surface area contributed by atoms with Gasteiger partial charge in [-0.15, -0.1) is 11.3 Å². The zero-order valence-electron chi connectivity index (χ0n) is 9.52. The Balaban J connectivity index is 2.23. The van der Waals surface area contributed by atoms with Crippen molar-refractivity contribution in [2.75, 3.05) is 0 Å². The number of hydrogen-bond donors (Lipinski definition) is 1. The summed E-state index contributed by atoms with van der Waals surface area (Å²) >= 11 is 1.72. The number of nitrogens with two attached hydrogens (primary N) is 1. The Kier molecular flexibility index (Phi) is 3.75. The average molecular weight is 231 g/mol. The predicted octanol–water partition coefficient (Wildman–Crippen LogP) is 3.75. The first-order chi connectivity index (χ1) is 7.81. The molecular weight excluding hydrogens is 214 g/mol. The summed E-state index contributed by atoms with van der Waals surface area (Å²) in [5.41, 5.74) is 8.83. The van der Waals surface area contributed by atoms with Crippen molar-refractivity contribution in [3.63, 3.8) is 0 Å². The highest BCUT2D eigenvalue weighted by atomic mass is 32.1. The summed E-state index contributed by atoms with van der Waals surface area (Å²) in [7, 11) is 0. The Labute approximate surface area is 101 Å². The second kappa shape index (κ2) is 5.28. The second-order valence-corrected chi connectivity index (χ2v) is 4.97. The summed E-state index contributed by atoms with van der Waals surface area (Å²) in [6, 6.07) is 12.8. The van der Waals surface area contributed by atoms with Gasteiger partial charge in [0.05, 0.1) is 6.04 Å². The number of benzene rings is 1. The van der Waals surface area contributed by atoms with Gasteiger partial charge in [0.2, 0.25) is 0 Å². The lowest BCUT2D eigenvalue weighted by atomic mass is 10.0.